The second-order valence-electron chi connectivity index (χ2n) is 4.81. The molecular weight excluding hydrogens is 238 g/mol. The van der Waals surface area contributed by atoms with Crippen molar-refractivity contribution in [2.45, 2.75) is 33.6 Å². The van der Waals surface area contributed by atoms with Gasteiger partial charge in [0, 0.05) is 18.7 Å². The topological polar surface area (TPSA) is 29.5 Å². The van der Waals surface area contributed by atoms with E-state index in [1.54, 1.807) is 4.90 Å². The summed E-state index contributed by atoms with van der Waals surface area (Å²) in [6.07, 6.45) is 3.70. The zero-order chi connectivity index (χ0) is 13.8. The van der Waals surface area contributed by atoms with Gasteiger partial charge in [-0.25, -0.2) is 4.79 Å². The fourth-order valence-electron chi connectivity index (χ4n) is 2.34. The molecule has 1 aliphatic carbocycles. The number of benzene rings is 1. The predicted molar refractivity (Wildman–Crippen MR) is 76.9 cm³/mol. The molecule has 3 nitrogen and oxygen atoms in total. The summed E-state index contributed by atoms with van der Waals surface area (Å²) in [5, 5.41) is 0. The molecule has 0 unspecified atom stereocenters. The maximum absolute atomic E-state index is 12.0. The van der Waals surface area contributed by atoms with Crippen molar-refractivity contribution in [3.8, 4) is 0 Å². The zero-order valence-corrected chi connectivity index (χ0v) is 11.9. The van der Waals surface area contributed by atoms with E-state index in [2.05, 4.69) is 25.1 Å². The molecule has 0 bridgehead atoms. The fourth-order valence-corrected chi connectivity index (χ4v) is 2.34. The smallest absolute Gasteiger partial charge is 0.410 e. The quantitative estimate of drug-likeness (QED) is 0.827. The molecule has 0 aliphatic heterocycles. The van der Waals surface area contributed by atoms with Crippen molar-refractivity contribution in [2.24, 2.45) is 0 Å². The number of rotatable bonds is 3. The van der Waals surface area contributed by atoms with Gasteiger partial charge in [-0.1, -0.05) is 17.7 Å². The lowest BCUT2D eigenvalue weighted by atomic mass is 9.94. The summed E-state index contributed by atoms with van der Waals surface area (Å²) in [5.41, 5.74) is 3.51. The Bertz CT molecular complexity index is 501. The van der Waals surface area contributed by atoms with Crippen molar-refractivity contribution in [1.29, 1.82) is 0 Å². The Hall–Kier alpha value is -1.77. The molecule has 0 radical (unpaired) electrons. The number of carbonyl (C=O) groups excluding carboxylic acids is 1. The number of carbonyl (C=O) groups is 1. The highest BCUT2D eigenvalue weighted by Crippen LogP contribution is 2.28. The molecule has 0 fully saturated rings. The minimum atomic E-state index is -0.259. The van der Waals surface area contributed by atoms with Crippen molar-refractivity contribution in [1.82, 2.24) is 4.90 Å². The first-order valence-electron chi connectivity index (χ1n) is 6.92. The van der Waals surface area contributed by atoms with Crippen LogP contribution in [0.25, 0.3) is 5.76 Å². The van der Waals surface area contributed by atoms with E-state index in [-0.39, 0.29) is 6.09 Å². The minimum Gasteiger partial charge on any atom is -0.410 e. The molecule has 1 aromatic carbocycles. The highest BCUT2D eigenvalue weighted by Gasteiger charge is 2.19. The normalized spacial score (nSPS) is 13.5. The Kier molecular flexibility index (Phi) is 4.25. The van der Waals surface area contributed by atoms with Crippen LogP contribution >= 0.6 is 0 Å². The minimum absolute atomic E-state index is 0.259. The summed E-state index contributed by atoms with van der Waals surface area (Å²) in [6, 6.07) is 6.33. The van der Waals surface area contributed by atoms with Gasteiger partial charge in [0.1, 0.15) is 5.76 Å². The molecule has 102 valence electrons. The first-order valence-corrected chi connectivity index (χ1v) is 6.92. The number of allylic oxidation sites excluding steroid dienone is 1. The molecule has 0 saturated carbocycles. The van der Waals surface area contributed by atoms with Gasteiger partial charge in [-0.2, -0.15) is 0 Å². The molecule has 3 heteroatoms. The van der Waals surface area contributed by atoms with E-state index in [0.29, 0.717) is 18.8 Å². The molecule has 0 heterocycles. The lowest BCUT2D eigenvalue weighted by molar-refractivity contribution is 0.148. The Labute approximate surface area is 114 Å². The van der Waals surface area contributed by atoms with Crippen LogP contribution < -0.4 is 0 Å². The van der Waals surface area contributed by atoms with E-state index in [0.717, 1.165) is 18.4 Å². The monoisotopic (exact) mass is 259 g/mol. The maximum Gasteiger partial charge on any atom is 0.415 e. The maximum atomic E-state index is 12.0. The summed E-state index contributed by atoms with van der Waals surface area (Å²) in [7, 11) is 0. The van der Waals surface area contributed by atoms with Gasteiger partial charge in [0.05, 0.1) is 0 Å². The van der Waals surface area contributed by atoms with Crippen LogP contribution in [0.15, 0.2) is 24.3 Å². The van der Waals surface area contributed by atoms with Gasteiger partial charge in [0.25, 0.3) is 0 Å². The summed E-state index contributed by atoms with van der Waals surface area (Å²) >= 11 is 0. The third-order valence-corrected chi connectivity index (χ3v) is 3.49. The molecule has 0 aromatic heterocycles. The number of fused-ring (bicyclic) bond motifs is 1. The second-order valence-corrected chi connectivity index (χ2v) is 4.81. The molecule has 19 heavy (non-hydrogen) atoms. The van der Waals surface area contributed by atoms with Gasteiger partial charge < -0.3 is 9.64 Å². The van der Waals surface area contributed by atoms with E-state index < -0.39 is 0 Å². The van der Waals surface area contributed by atoms with Crippen LogP contribution in [0.1, 0.15) is 37.0 Å². The lowest BCUT2D eigenvalue weighted by Crippen LogP contribution is -2.31. The Morgan fingerprint density at radius 2 is 2.05 bits per heavy atom. The summed E-state index contributed by atoms with van der Waals surface area (Å²) < 4.78 is 5.56. The third kappa shape index (κ3) is 2.98. The molecule has 0 N–H and O–H groups in total. The lowest BCUT2D eigenvalue weighted by Gasteiger charge is -2.22. The highest BCUT2D eigenvalue weighted by molar-refractivity contribution is 5.78. The average molecular weight is 259 g/mol. The number of hydrogen-bond donors (Lipinski definition) is 0. The van der Waals surface area contributed by atoms with E-state index >= 15 is 0 Å². The largest absolute Gasteiger partial charge is 0.415 e. The SMILES string of the molecule is CCN(CC)C(=O)OC1=CCCc2ccc(C)cc21. The summed E-state index contributed by atoms with van der Waals surface area (Å²) in [5.74, 6) is 0.710. The summed E-state index contributed by atoms with van der Waals surface area (Å²) in [4.78, 5) is 13.7. The van der Waals surface area contributed by atoms with Crippen LogP contribution in [0.5, 0.6) is 0 Å². The Morgan fingerprint density at radius 1 is 1.32 bits per heavy atom. The predicted octanol–water partition coefficient (Wildman–Crippen LogP) is 3.76. The van der Waals surface area contributed by atoms with Crippen molar-refractivity contribution in [3.63, 3.8) is 0 Å². The van der Waals surface area contributed by atoms with E-state index in [4.69, 9.17) is 4.74 Å². The average Bonchev–Trinajstić information content (AvgIpc) is 2.41. The van der Waals surface area contributed by atoms with Gasteiger partial charge in [-0.05, 0) is 51.3 Å². The Morgan fingerprint density at radius 3 is 2.74 bits per heavy atom. The number of hydrogen-bond acceptors (Lipinski definition) is 2. The van der Waals surface area contributed by atoms with E-state index in [1.807, 2.05) is 19.9 Å². The number of nitrogens with zero attached hydrogens (tertiary/aromatic N) is 1. The second kappa shape index (κ2) is 5.91. The number of amides is 1. The van der Waals surface area contributed by atoms with Gasteiger partial charge in [0.15, 0.2) is 0 Å². The number of ether oxygens (including phenoxy) is 1. The zero-order valence-electron chi connectivity index (χ0n) is 11.9. The molecule has 0 saturated heterocycles. The van der Waals surface area contributed by atoms with Gasteiger partial charge in [-0.15, -0.1) is 0 Å². The Balaban J connectivity index is 2.20. The van der Waals surface area contributed by atoms with Gasteiger partial charge in [0.2, 0.25) is 0 Å². The molecule has 0 atom stereocenters. The molecule has 1 amide bonds. The van der Waals surface area contributed by atoms with Crippen LogP contribution in [0, 0.1) is 6.92 Å². The molecule has 1 aliphatic rings. The van der Waals surface area contributed by atoms with Crippen molar-refractivity contribution < 1.29 is 9.53 Å². The van der Waals surface area contributed by atoms with Crippen LogP contribution in [-0.2, 0) is 11.2 Å². The van der Waals surface area contributed by atoms with Crippen molar-refractivity contribution >= 4 is 11.9 Å². The fraction of sp³-hybridized carbons (Fsp3) is 0.438. The first kappa shape index (κ1) is 13.7. The van der Waals surface area contributed by atoms with Crippen molar-refractivity contribution in [2.75, 3.05) is 13.1 Å². The van der Waals surface area contributed by atoms with Crippen molar-refractivity contribution in [3.05, 3.63) is 41.0 Å². The van der Waals surface area contributed by atoms with E-state index in [9.17, 15) is 4.79 Å². The molecular formula is C16H21NO2. The molecule has 1 aromatic rings. The van der Waals surface area contributed by atoms with Crippen LogP contribution in [0.4, 0.5) is 4.79 Å². The molecule has 2 rings (SSSR count). The van der Waals surface area contributed by atoms with Crippen LogP contribution in [0.2, 0.25) is 0 Å². The first-order chi connectivity index (χ1) is 9.15. The van der Waals surface area contributed by atoms with Gasteiger partial charge >= 0.3 is 6.09 Å². The standard InChI is InChI=1S/C16H21NO2/c1-4-17(5-2)16(18)19-15-8-6-7-13-10-9-12(3)11-14(13)15/h8-11H,4-7H2,1-3H3. The summed E-state index contributed by atoms with van der Waals surface area (Å²) in [6.45, 7) is 7.31. The number of aryl methyl sites for hydroxylation is 2. The van der Waals surface area contributed by atoms with Crippen LogP contribution in [0.3, 0.4) is 0 Å². The third-order valence-electron chi connectivity index (χ3n) is 3.49. The van der Waals surface area contributed by atoms with Crippen LogP contribution in [-0.4, -0.2) is 24.1 Å². The highest BCUT2D eigenvalue weighted by atomic mass is 16.6. The molecule has 0 spiro atoms. The van der Waals surface area contributed by atoms with Gasteiger partial charge in [-0.3, -0.25) is 0 Å². The van der Waals surface area contributed by atoms with E-state index in [1.165, 1.54) is 11.1 Å².